The van der Waals surface area contributed by atoms with Crippen molar-refractivity contribution in [1.29, 1.82) is 0 Å². The number of aryl methyl sites for hydroxylation is 1. The van der Waals surface area contributed by atoms with Gasteiger partial charge in [-0.2, -0.15) is 0 Å². The standard InChI is InChI=1S/C14H16N4OS/c1-9-10(3-2-5-15-9)7-18-6-4-12-11(8-18)13(19)17-14(20)16-12/h2-3,5H,4,6-8H2,1H3,(H2,16,17,19,20). The van der Waals surface area contributed by atoms with E-state index < -0.39 is 0 Å². The molecule has 0 unspecified atom stereocenters. The van der Waals surface area contributed by atoms with Crippen molar-refractivity contribution in [3.63, 3.8) is 0 Å². The summed E-state index contributed by atoms with van der Waals surface area (Å²) in [7, 11) is 0. The topological polar surface area (TPSA) is 64.8 Å². The lowest BCUT2D eigenvalue weighted by molar-refractivity contribution is 0.241. The van der Waals surface area contributed by atoms with Crippen LogP contribution in [0.3, 0.4) is 0 Å². The van der Waals surface area contributed by atoms with Crippen molar-refractivity contribution in [2.45, 2.75) is 26.4 Å². The maximum Gasteiger partial charge on any atom is 0.256 e. The minimum atomic E-state index is -0.0728. The number of rotatable bonds is 2. The second kappa shape index (κ2) is 5.30. The normalized spacial score (nSPS) is 15.1. The number of hydrogen-bond acceptors (Lipinski definition) is 4. The summed E-state index contributed by atoms with van der Waals surface area (Å²) in [6, 6.07) is 4.03. The first-order valence-electron chi connectivity index (χ1n) is 6.60. The molecule has 0 fully saturated rings. The quantitative estimate of drug-likeness (QED) is 0.826. The number of pyridine rings is 1. The van der Waals surface area contributed by atoms with Crippen molar-refractivity contribution in [3.05, 3.63) is 56.0 Å². The van der Waals surface area contributed by atoms with Crippen LogP contribution < -0.4 is 5.56 Å². The molecule has 2 aromatic rings. The van der Waals surface area contributed by atoms with E-state index in [0.29, 0.717) is 11.3 Å². The summed E-state index contributed by atoms with van der Waals surface area (Å²) in [5.41, 5.74) is 3.94. The average Bonchev–Trinajstić information content (AvgIpc) is 2.42. The number of fused-ring (bicyclic) bond motifs is 1. The Morgan fingerprint density at radius 2 is 2.30 bits per heavy atom. The van der Waals surface area contributed by atoms with E-state index in [2.05, 4.69) is 25.9 Å². The molecule has 6 heteroatoms. The summed E-state index contributed by atoms with van der Waals surface area (Å²) in [6.07, 6.45) is 2.62. The highest BCUT2D eigenvalue weighted by Gasteiger charge is 2.20. The lowest BCUT2D eigenvalue weighted by Crippen LogP contribution is -2.35. The Morgan fingerprint density at radius 3 is 3.10 bits per heavy atom. The van der Waals surface area contributed by atoms with Crippen LogP contribution in [0.5, 0.6) is 0 Å². The van der Waals surface area contributed by atoms with Gasteiger partial charge in [0.1, 0.15) is 0 Å². The van der Waals surface area contributed by atoms with E-state index in [1.165, 1.54) is 5.56 Å². The van der Waals surface area contributed by atoms with Crippen LogP contribution in [-0.4, -0.2) is 26.4 Å². The van der Waals surface area contributed by atoms with Gasteiger partial charge in [0, 0.05) is 43.6 Å². The molecule has 0 atom stereocenters. The lowest BCUT2D eigenvalue weighted by atomic mass is 10.1. The van der Waals surface area contributed by atoms with E-state index >= 15 is 0 Å². The second-order valence-corrected chi connectivity index (χ2v) is 5.48. The van der Waals surface area contributed by atoms with Crippen molar-refractivity contribution >= 4 is 12.2 Å². The number of aromatic amines is 2. The molecule has 0 spiro atoms. The van der Waals surface area contributed by atoms with Gasteiger partial charge in [-0.05, 0) is 30.8 Å². The van der Waals surface area contributed by atoms with Crippen LogP contribution in [0, 0.1) is 11.7 Å². The van der Waals surface area contributed by atoms with E-state index in [0.717, 1.165) is 36.5 Å². The fraction of sp³-hybridized carbons (Fsp3) is 0.357. The van der Waals surface area contributed by atoms with E-state index in [9.17, 15) is 4.79 Å². The third-order valence-corrected chi connectivity index (χ3v) is 3.90. The van der Waals surface area contributed by atoms with E-state index in [1.807, 2.05) is 13.0 Å². The van der Waals surface area contributed by atoms with Gasteiger partial charge >= 0.3 is 0 Å². The first kappa shape index (κ1) is 13.2. The van der Waals surface area contributed by atoms with E-state index in [-0.39, 0.29) is 5.56 Å². The van der Waals surface area contributed by atoms with Crippen LogP contribution in [0.1, 0.15) is 22.5 Å². The molecule has 0 amide bonds. The Bertz CT molecular complexity index is 749. The molecule has 1 aliphatic heterocycles. The van der Waals surface area contributed by atoms with Crippen molar-refractivity contribution in [2.24, 2.45) is 0 Å². The molecule has 2 N–H and O–H groups in total. The second-order valence-electron chi connectivity index (χ2n) is 5.07. The van der Waals surface area contributed by atoms with Crippen molar-refractivity contribution in [3.8, 4) is 0 Å². The van der Waals surface area contributed by atoms with Crippen molar-refractivity contribution < 1.29 is 0 Å². The van der Waals surface area contributed by atoms with Crippen molar-refractivity contribution in [2.75, 3.05) is 6.54 Å². The summed E-state index contributed by atoms with van der Waals surface area (Å²) >= 11 is 5.00. The number of H-pyrrole nitrogens is 2. The monoisotopic (exact) mass is 288 g/mol. The third-order valence-electron chi connectivity index (χ3n) is 3.70. The average molecular weight is 288 g/mol. The van der Waals surface area contributed by atoms with Crippen LogP contribution in [0.15, 0.2) is 23.1 Å². The summed E-state index contributed by atoms with van der Waals surface area (Å²) in [5, 5.41) is 0. The highest BCUT2D eigenvalue weighted by molar-refractivity contribution is 7.71. The Hall–Kier alpha value is -1.79. The molecule has 0 aliphatic carbocycles. The predicted octanol–water partition coefficient (Wildman–Crippen LogP) is 1.69. The van der Waals surface area contributed by atoms with Crippen LogP contribution >= 0.6 is 12.2 Å². The molecule has 104 valence electrons. The first-order chi connectivity index (χ1) is 9.63. The fourth-order valence-electron chi connectivity index (χ4n) is 2.57. The zero-order valence-electron chi connectivity index (χ0n) is 11.3. The summed E-state index contributed by atoms with van der Waals surface area (Å²) < 4.78 is 0.408. The molecule has 2 aromatic heterocycles. The Balaban J connectivity index is 1.84. The largest absolute Gasteiger partial charge is 0.335 e. The smallest absolute Gasteiger partial charge is 0.256 e. The molecule has 0 radical (unpaired) electrons. The van der Waals surface area contributed by atoms with Crippen LogP contribution in [0.2, 0.25) is 0 Å². The van der Waals surface area contributed by atoms with Gasteiger partial charge in [0.25, 0.3) is 5.56 Å². The Labute approximate surface area is 121 Å². The molecule has 0 saturated carbocycles. The van der Waals surface area contributed by atoms with Gasteiger partial charge in [0.2, 0.25) is 0 Å². The lowest BCUT2D eigenvalue weighted by Gasteiger charge is -2.28. The third kappa shape index (κ3) is 2.57. The van der Waals surface area contributed by atoms with E-state index in [1.54, 1.807) is 6.20 Å². The van der Waals surface area contributed by atoms with Gasteiger partial charge in [-0.3, -0.25) is 19.7 Å². The Kier molecular flexibility index (Phi) is 3.50. The van der Waals surface area contributed by atoms with Crippen LogP contribution in [-0.2, 0) is 19.5 Å². The molecular formula is C14H16N4OS. The SMILES string of the molecule is Cc1ncccc1CN1CCc2[nH]c(=S)[nH]c(=O)c2C1. The van der Waals surface area contributed by atoms with Gasteiger partial charge in [-0.1, -0.05) is 6.07 Å². The summed E-state index contributed by atoms with van der Waals surface area (Å²) in [5.74, 6) is 0. The zero-order valence-corrected chi connectivity index (χ0v) is 12.1. The Morgan fingerprint density at radius 1 is 1.45 bits per heavy atom. The van der Waals surface area contributed by atoms with Crippen molar-refractivity contribution in [1.82, 2.24) is 19.9 Å². The van der Waals surface area contributed by atoms with Gasteiger partial charge in [0.15, 0.2) is 4.77 Å². The molecule has 3 rings (SSSR count). The maximum atomic E-state index is 12.0. The maximum absolute atomic E-state index is 12.0. The number of aromatic nitrogens is 3. The summed E-state index contributed by atoms with van der Waals surface area (Å²) in [6.45, 7) is 4.38. The van der Waals surface area contributed by atoms with Crippen LogP contribution in [0.25, 0.3) is 0 Å². The molecule has 0 aromatic carbocycles. The molecule has 3 heterocycles. The highest BCUT2D eigenvalue weighted by Crippen LogP contribution is 2.16. The number of nitrogens with one attached hydrogen (secondary N) is 2. The van der Waals surface area contributed by atoms with Gasteiger partial charge in [0.05, 0.1) is 5.56 Å². The predicted molar refractivity (Wildman–Crippen MR) is 79.0 cm³/mol. The number of nitrogens with zero attached hydrogens (tertiary/aromatic N) is 2. The molecule has 0 saturated heterocycles. The molecule has 1 aliphatic rings. The minimum Gasteiger partial charge on any atom is -0.335 e. The highest BCUT2D eigenvalue weighted by atomic mass is 32.1. The molecule has 5 nitrogen and oxygen atoms in total. The summed E-state index contributed by atoms with van der Waals surface area (Å²) in [4.78, 5) is 24.3. The van der Waals surface area contributed by atoms with Crippen LogP contribution in [0.4, 0.5) is 0 Å². The molecule has 0 bridgehead atoms. The number of hydrogen-bond donors (Lipinski definition) is 2. The molecule has 20 heavy (non-hydrogen) atoms. The van der Waals surface area contributed by atoms with Gasteiger partial charge < -0.3 is 4.98 Å². The van der Waals surface area contributed by atoms with Gasteiger partial charge in [-0.25, -0.2) is 0 Å². The first-order valence-corrected chi connectivity index (χ1v) is 7.01. The van der Waals surface area contributed by atoms with Gasteiger partial charge in [-0.15, -0.1) is 0 Å². The zero-order chi connectivity index (χ0) is 14.1. The minimum absolute atomic E-state index is 0.0728. The molecular weight excluding hydrogens is 272 g/mol. The van der Waals surface area contributed by atoms with E-state index in [4.69, 9.17) is 12.2 Å². The fourth-order valence-corrected chi connectivity index (χ4v) is 2.79.